The van der Waals surface area contributed by atoms with Gasteiger partial charge in [-0.05, 0) is 55.7 Å². The van der Waals surface area contributed by atoms with Crippen LogP contribution in [0.3, 0.4) is 0 Å². The van der Waals surface area contributed by atoms with Crippen LogP contribution in [0, 0.1) is 13.8 Å². The van der Waals surface area contributed by atoms with Gasteiger partial charge in [0, 0.05) is 17.8 Å². The van der Waals surface area contributed by atoms with Gasteiger partial charge in [0.2, 0.25) is 0 Å². The van der Waals surface area contributed by atoms with Crippen LogP contribution in [0.2, 0.25) is 0 Å². The van der Waals surface area contributed by atoms with Crippen molar-refractivity contribution in [2.45, 2.75) is 44.9 Å². The van der Waals surface area contributed by atoms with Crippen molar-refractivity contribution in [2.24, 2.45) is 0 Å². The van der Waals surface area contributed by atoms with Crippen LogP contribution < -0.4 is 0 Å². The summed E-state index contributed by atoms with van der Waals surface area (Å²) >= 11 is 0. The second kappa shape index (κ2) is 2.34. The highest BCUT2D eigenvalue weighted by atomic mass is 14.7. The Balaban J connectivity index is 2.26. The van der Waals surface area contributed by atoms with E-state index in [4.69, 9.17) is 0 Å². The van der Waals surface area contributed by atoms with Crippen LogP contribution >= 0.6 is 0 Å². The summed E-state index contributed by atoms with van der Waals surface area (Å²) < 4.78 is 0. The maximum Gasteiger partial charge on any atom is 0.0472 e. The third kappa shape index (κ3) is 0.849. The fourth-order valence-electron chi connectivity index (χ4n) is 3.07. The van der Waals surface area contributed by atoms with Gasteiger partial charge in [-0.1, -0.05) is 0 Å². The summed E-state index contributed by atoms with van der Waals surface area (Å²) in [5.74, 6) is 1.66. The van der Waals surface area contributed by atoms with Crippen molar-refractivity contribution in [3.05, 3.63) is 28.6 Å². The molecule has 2 unspecified atom stereocenters. The van der Waals surface area contributed by atoms with E-state index in [1.807, 2.05) is 0 Å². The first kappa shape index (κ1) is 7.54. The lowest BCUT2D eigenvalue weighted by Crippen LogP contribution is -2.04. The van der Waals surface area contributed by atoms with Crippen LogP contribution in [0.4, 0.5) is 0 Å². The van der Waals surface area contributed by atoms with Gasteiger partial charge in [-0.3, -0.25) is 4.98 Å². The Bertz CT molecular complexity index is 368. The van der Waals surface area contributed by atoms with Crippen LogP contribution in [-0.4, -0.2) is 4.98 Å². The first-order chi connectivity index (χ1) is 6.27. The lowest BCUT2D eigenvalue weighted by molar-refractivity contribution is 0.692. The third-order valence-corrected chi connectivity index (χ3v) is 3.90. The number of aromatic nitrogens is 1. The van der Waals surface area contributed by atoms with Gasteiger partial charge in [0.05, 0.1) is 0 Å². The van der Waals surface area contributed by atoms with Gasteiger partial charge in [-0.25, -0.2) is 0 Å². The second-order valence-electron chi connectivity index (χ2n) is 4.57. The van der Waals surface area contributed by atoms with Gasteiger partial charge in [0.15, 0.2) is 0 Å². The number of fused-ring (bicyclic) bond motifs is 5. The molecule has 1 nitrogen and oxygen atoms in total. The molecule has 0 aliphatic heterocycles. The summed E-state index contributed by atoms with van der Waals surface area (Å²) in [6.45, 7) is 4.44. The Morgan fingerprint density at radius 2 is 2.00 bits per heavy atom. The maximum absolute atomic E-state index is 4.60. The van der Waals surface area contributed by atoms with Crippen molar-refractivity contribution in [3.63, 3.8) is 0 Å². The number of nitrogens with zero attached hydrogens (tertiary/aromatic N) is 1. The van der Waals surface area contributed by atoms with E-state index in [1.54, 1.807) is 5.56 Å². The molecular formula is C12H15N. The summed E-state index contributed by atoms with van der Waals surface area (Å²) in [4.78, 5) is 4.60. The quantitative estimate of drug-likeness (QED) is 0.587. The standard InChI is InChI=1S/C12H15N/c1-7-6-13-12-10-4-3-9(5-10)11(12)8(7)2/h6,9-10H,3-5H2,1-2H3. The highest BCUT2D eigenvalue weighted by Gasteiger charge is 2.39. The third-order valence-electron chi connectivity index (χ3n) is 3.90. The van der Waals surface area contributed by atoms with E-state index in [0.717, 1.165) is 11.8 Å². The summed E-state index contributed by atoms with van der Waals surface area (Å²) in [6.07, 6.45) is 6.22. The molecule has 3 rings (SSSR count). The van der Waals surface area contributed by atoms with Gasteiger partial charge >= 0.3 is 0 Å². The Morgan fingerprint density at radius 3 is 2.85 bits per heavy atom. The van der Waals surface area contributed by atoms with Gasteiger partial charge < -0.3 is 0 Å². The van der Waals surface area contributed by atoms with E-state index >= 15 is 0 Å². The van der Waals surface area contributed by atoms with Crippen molar-refractivity contribution in [3.8, 4) is 0 Å². The molecule has 2 bridgehead atoms. The Kier molecular flexibility index (Phi) is 1.36. The smallest absolute Gasteiger partial charge is 0.0472 e. The zero-order chi connectivity index (χ0) is 9.00. The molecule has 2 atom stereocenters. The predicted molar refractivity (Wildman–Crippen MR) is 53.0 cm³/mol. The molecule has 0 amide bonds. The molecular weight excluding hydrogens is 158 g/mol. The molecule has 0 radical (unpaired) electrons. The van der Waals surface area contributed by atoms with E-state index in [1.165, 1.54) is 36.1 Å². The molecule has 1 saturated carbocycles. The largest absolute Gasteiger partial charge is 0.260 e. The zero-order valence-corrected chi connectivity index (χ0v) is 8.30. The van der Waals surface area contributed by atoms with Crippen LogP contribution in [0.5, 0.6) is 0 Å². The fourth-order valence-corrected chi connectivity index (χ4v) is 3.07. The molecule has 0 N–H and O–H groups in total. The van der Waals surface area contributed by atoms with Crippen molar-refractivity contribution in [1.82, 2.24) is 4.98 Å². The number of pyridine rings is 1. The van der Waals surface area contributed by atoms with Gasteiger partial charge in [-0.15, -0.1) is 0 Å². The first-order valence-electron chi connectivity index (χ1n) is 5.23. The number of hydrogen-bond acceptors (Lipinski definition) is 1. The summed E-state index contributed by atoms with van der Waals surface area (Å²) in [6, 6.07) is 0. The van der Waals surface area contributed by atoms with Crippen molar-refractivity contribution in [2.75, 3.05) is 0 Å². The minimum atomic E-state index is 0.805. The van der Waals surface area contributed by atoms with E-state index in [-0.39, 0.29) is 0 Å². The molecule has 2 aliphatic rings. The molecule has 1 heteroatoms. The molecule has 2 aliphatic carbocycles. The van der Waals surface area contributed by atoms with Crippen molar-refractivity contribution < 1.29 is 0 Å². The summed E-state index contributed by atoms with van der Waals surface area (Å²) in [5, 5.41) is 0. The predicted octanol–water partition coefficient (Wildman–Crippen LogP) is 3.06. The van der Waals surface area contributed by atoms with Crippen molar-refractivity contribution in [1.29, 1.82) is 0 Å². The topological polar surface area (TPSA) is 12.9 Å². The molecule has 0 aromatic carbocycles. The molecule has 1 aromatic heterocycles. The number of aryl methyl sites for hydroxylation is 1. The highest BCUT2D eigenvalue weighted by molar-refractivity contribution is 5.44. The van der Waals surface area contributed by atoms with Crippen LogP contribution in [0.25, 0.3) is 0 Å². The van der Waals surface area contributed by atoms with E-state index in [2.05, 4.69) is 25.0 Å². The summed E-state index contributed by atoms with van der Waals surface area (Å²) in [7, 11) is 0. The van der Waals surface area contributed by atoms with E-state index in [0.29, 0.717) is 0 Å². The Morgan fingerprint density at radius 1 is 1.23 bits per heavy atom. The van der Waals surface area contributed by atoms with E-state index in [9.17, 15) is 0 Å². The second-order valence-corrected chi connectivity index (χ2v) is 4.57. The first-order valence-corrected chi connectivity index (χ1v) is 5.23. The molecule has 1 aromatic rings. The molecule has 0 saturated heterocycles. The monoisotopic (exact) mass is 173 g/mol. The molecule has 13 heavy (non-hydrogen) atoms. The van der Waals surface area contributed by atoms with Gasteiger partial charge in [-0.2, -0.15) is 0 Å². The normalized spacial score (nSPS) is 29.4. The minimum absolute atomic E-state index is 0.805. The van der Waals surface area contributed by atoms with Gasteiger partial charge in [0.25, 0.3) is 0 Å². The lowest BCUT2D eigenvalue weighted by Gasteiger charge is -2.17. The molecule has 68 valence electrons. The Hall–Kier alpha value is -0.850. The maximum atomic E-state index is 4.60. The van der Waals surface area contributed by atoms with E-state index < -0.39 is 0 Å². The number of hydrogen-bond donors (Lipinski definition) is 0. The molecule has 1 heterocycles. The summed E-state index contributed by atoms with van der Waals surface area (Å²) in [5.41, 5.74) is 5.92. The Labute approximate surface area is 79.2 Å². The zero-order valence-electron chi connectivity index (χ0n) is 8.30. The molecule has 1 fully saturated rings. The highest BCUT2D eigenvalue weighted by Crippen LogP contribution is 2.53. The average Bonchev–Trinajstić information content (AvgIpc) is 2.70. The van der Waals surface area contributed by atoms with Crippen molar-refractivity contribution >= 4 is 0 Å². The van der Waals surface area contributed by atoms with Gasteiger partial charge in [0.1, 0.15) is 0 Å². The average molecular weight is 173 g/mol. The lowest BCUT2D eigenvalue weighted by atomic mass is 9.91. The fraction of sp³-hybridized carbons (Fsp3) is 0.583. The van der Waals surface area contributed by atoms with Crippen LogP contribution in [-0.2, 0) is 0 Å². The van der Waals surface area contributed by atoms with Crippen LogP contribution in [0.15, 0.2) is 6.20 Å². The SMILES string of the molecule is Cc1cnc2c(c1C)C1CCC2C1. The number of rotatable bonds is 0. The van der Waals surface area contributed by atoms with Crippen LogP contribution in [0.1, 0.15) is 53.5 Å². The minimum Gasteiger partial charge on any atom is -0.260 e. The molecule has 0 spiro atoms.